The molecule has 12 aromatic carbocycles. The summed E-state index contributed by atoms with van der Waals surface area (Å²) in [5, 5.41) is 8.11. The highest BCUT2D eigenvalue weighted by atomic mass is 14.8. The fourth-order valence-corrected chi connectivity index (χ4v) is 17.1. The molecule has 0 bridgehead atoms. The average Bonchev–Trinajstić information content (AvgIpc) is 0.746. The molecule has 0 unspecified atom stereocenters. The van der Waals surface area contributed by atoms with Crippen LogP contribution in [0, 0.1) is 0 Å². The number of hydrogen-bond donors (Lipinski definition) is 0. The molecule has 10 heterocycles. The van der Waals surface area contributed by atoms with Gasteiger partial charge in [-0.05, 0) is 268 Å². The largest absolute Gasteiger partial charge is 0.255 e. The van der Waals surface area contributed by atoms with Gasteiger partial charge in [-0.1, -0.05) is 182 Å². The van der Waals surface area contributed by atoms with Gasteiger partial charge in [-0.15, -0.1) is 0 Å². The first-order valence-electron chi connectivity index (χ1n) is 38.8. The van der Waals surface area contributed by atoms with Gasteiger partial charge in [0.15, 0.2) is 0 Å². The number of aromatic nitrogens is 10. The lowest BCUT2D eigenvalue weighted by atomic mass is 9.86. The van der Waals surface area contributed by atoms with Crippen LogP contribution in [-0.2, 0) is 0 Å². The fourth-order valence-electron chi connectivity index (χ4n) is 17.1. The third-order valence-electron chi connectivity index (χ3n) is 22.7. The van der Waals surface area contributed by atoms with Gasteiger partial charge in [0.25, 0.3) is 0 Å². The fraction of sp³-hybridized carbons (Fsp3) is 0. The molecule has 0 saturated heterocycles. The minimum atomic E-state index is 0.763. The summed E-state index contributed by atoms with van der Waals surface area (Å²) >= 11 is 0. The molecule has 0 spiro atoms. The minimum Gasteiger partial charge on any atom is -0.255 e. The van der Waals surface area contributed by atoms with Crippen LogP contribution in [0.4, 0.5) is 0 Å². The summed E-state index contributed by atoms with van der Waals surface area (Å²) in [6, 6.07) is 117. The van der Waals surface area contributed by atoms with Crippen molar-refractivity contribution in [1.82, 2.24) is 49.8 Å². The van der Waals surface area contributed by atoms with E-state index in [0.29, 0.717) is 0 Å². The Hall–Kier alpha value is -15.8. The average molecular weight is 1480 g/mol. The second kappa shape index (κ2) is 28.2. The van der Waals surface area contributed by atoms with Gasteiger partial charge in [-0.25, -0.2) is 0 Å². The van der Waals surface area contributed by atoms with E-state index in [1.54, 1.807) is 0 Å². The van der Waals surface area contributed by atoms with E-state index in [9.17, 15) is 0 Å². The van der Waals surface area contributed by atoms with Crippen LogP contribution in [0.2, 0.25) is 0 Å². The van der Waals surface area contributed by atoms with E-state index in [4.69, 9.17) is 49.8 Å². The van der Waals surface area contributed by atoms with Crippen LogP contribution in [-0.4, -0.2) is 49.8 Å². The SMILES string of the molecule is c1ccc(-c2cc(-c3ccccc3-c3ccc4c(c3)ncc3cccnc34)cc(-c3ccccc3-c3ccc4c(c3)ncc3cccnc34)c2)c(-c2ccc(-c3ccc(-c4ccccc4-c4cc(-c5ccccc5-c5ccc6c(c5)ncc5cccnc56)cc(-c5ccccc5-c5ccc6c(c5)ncc5cccnc56)c4)cn3)nc2)c1. The van der Waals surface area contributed by atoms with Crippen molar-refractivity contribution >= 4 is 87.2 Å². The number of nitrogens with zero attached hydrogens (tertiary/aromatic N) is 10. The van der Waals surface area contributed by atoms with Crippen LogP contribution < -0.4 is 0 Å². The summed E-state index contributed by atoms with van der Waals surface area (Å²) in [7, 11) is 0. The molecule has 538 valence electrons. The van der Waals surface area contributed by atoms with Crippen molar-refractivity contribution in [2.45, 2.75) is 0 Å². The van der Waals surface area contributed by atoms with Gasteiger partial charge in [-0.2, -0.15) is 0 Å². The maximum atomic E-state index is 5.22. The zero-order valence-corrected chi connectivity index (χ0v) is 62.4. The molecule has 10 nitrogen and oxygen atoms in total. The second-order valence-corrected chi connectivity index (χ2v) is 29.5. The van der Waals surface area contributed by atoms with E-state index in [-0.39, 0.29) is 0 Å². The van der Waals surface area contributed by atoms with E-state index in [1.165, 1.54) is 0 Å². The first-order chi connectivity index (χ1) is 57.5. The van der Waals surface area contributed by atoms with Crippen molar-refractivity contribution in [2.75, 3.05) is 0 Å². The van der Waals surface area contributed by atoms with Gasteiger partial charge in [-0.3, -0.25) is 49.8 Å². The highest BCUT2D eigenvalue weighted by Crippen LogP contribution is 2.47. The van der Waals surface area contributed by atoms with Gasteiger partial charge in [0, 0.05) is 116 Å². The maximum Gasteiger partial charge on any atom is 0.0886 e. The number of pyridine rings is 10. The van der Waals surface area contributed by atoms with Crippen LogP contribution in [0.1, 0.15) is 0 Å². The molecule has 0 atom stereocenters. The molecule has 0 saturated carbocycles. The molecule has 22 rings (SSSR count). The monoisotopic (exact) mass is 1480 g/mol. The first kappa shape index (κ1) is 67.1. The highest BCUT2D eigenvalue weighted by molar-refractivity contribution is 6.09. The molecule has 116 heavy (non-hydrogen) atoms. The van der Waals surface area contributed by atoms with Crippen LogP contribution in [0.25, 0.3) is 232 Å². The van der Waals surface area contributed by atoms with Gasteiger partial charge < -0.3 is 0 Å². The predicted octanol–water partition coefficient (Wildman–Crippen LogP) is 26.5. The topological polar surface area (TPSA) is 129 Å². The smallest absolute Gasteiger partial charge is 0.0886 e. The molecular formula is C106H64N10. The van der Waals surface area contributed by atoms with E-state index < -0.39 is 0 Å². The van der Waals surface area contributed by atoms with Gasteiger partial charge in [0.05, 0.1) is 55.5 Å². The standard InChI is InChI=1S/C106H64N10/c1-7-27-87(81(21-1)65-33-39-93-99(55-65)113-61-71-17-13-45-107-103(71)93)75-49-76(88-28-8-2-22-82(88)66-34-40-94-100(56-66)114-62-72-18-14-46-108-104(72)94)52-79(51-75)91-31-11-5-25-85(91)69-37-43-97(111-59-69)98-44-38-70(60-112-98)86-26-6-12-32-92(86)80-53-77(89-29-9-3-23-83(89)67-35-41-95-101(57-67)115-63-73-19-15-47-109-105(73)95)50-78(54-80)90-30-10-4-24-84(90)68-36-42-96-102(58-68)116-64-74-20-16-48-110-106(74)96/h1-64H. The first-order valence-corrected chi connectivity index (χ1v) is 38.8. The molecule has 10 aromatic heterocycles. The maximum absolute atomic E-state index is 5.22. The van der Waals surface area contributed by atoms with Crippen molar-refractivity contribution < 1.29 is 0 Å². The molecule has 22 aromatic rings. The third-order valence-corrected chi connectivity index (χ3v) is 22.7. The molecule has 0 aliphatic rings. The number of fused-ring (bicyclic) bond motifs is 12. The number of rotatable bonds is 13. The van der Waals surface area contributed by atoms with Gasteiger partial charge in [0.1, 0.15) is 0 Å². The van der Waals surface area contributed by atoms with Gasteiger partial charge in [0.2, 0.25) is 0 Å². The Morgan fingerprint density at radius 2 is 0.345 bits per heavy atom. The highest BCUT2D eigenvalue weighted by Gasteiger charge is 2.22. The summed E-state index contributed by atoms with van der Waals surface area (Å²) < 4.78 is 0. The number of hydrogen-bond acceptors (Lipinski definition) is 10. The summed E-state index contributed by atoms with van der Waals surface area (Å²) in [4.78, 5) is 49.4. The molecule has 0 N–H and O–H groups in total. The molecule has 0 fully saturated rings. The normalized spacial score (nSPS) is 11.6. The van der Waals surface area contributed by atoms with Crippen LogP contribution in [0.5, 0.6) is 0 Å². The lowest BCUT2D eigenvalue weighted by Gasteiger charge is -2.18. The van der Waals surface area contributed by atoms with Crippen molar-refractivity contribution in [2.24, 2.45) is 0 Å². The van der Waals surface area contributed by atoms with E-state index >= 15 is 0 Å². The zero-order valence-electron chi connectivity index (χ0n) is 62.4. The summed E-state index contributed by atoms with van der Waals surface area (Å²) in [5.74, 6) is 0. The number of benzene rings is 12. The molecule has 0 aliphatic carbocycles. The predicted molar refractivity (Wildman–Crippen MR) is 475 cm³/mol. The lowest BCUT2D eigenvalue weighted by Crippen LogP contribution is -1.94. The molecule has 0 aliphatic heterocycles. The Morgan fingerprint density at radius 1 is 0.138 bits per heavy atom. The van der Waals surface area contributed by atoms with E-state index in [0.717, 1.165) is 232 Å². The van der Waals surface area contributed by atoms with Crippen LogP contribution >= 0.6 is 0 Å². The van der Waals surface area contributed by atoms with Crippen molar-refractivity contribution in [1.29, 1.82) is 0 Å². The van der Waals surface area contributed by atoms with Crippen molar-refractivity contribution in [3.63, 3.8) is 0 Å². The summed E-state index contributed by atoms with van der Waals surface area (Å²) in [6.45, 7) is 0. The Labute approximate surface area is 667 Å². The van der Waals surface area contributed by atoms with Crippen molar-refractivity contribution in [3.05, 3.63) is 390 Å². The quantitative estimate of drug-likeness (QED) is 0.103. The molecule has 10 heteroatoms. The second-order valence-electron chi connectivity index (χ2n) is 29.5. The van der Waals surface area contributed by atoms with E-state index in [1.807, 2.05) is 86.2 Å². The Morgan fingerprint density at radius 3 is 0.560 bits per heavy atom. The summed E-state index contributed by atoms with van der Waals surface area (Å²) in [6.07, 6.45) is 19.0. The Kier molecular flexibility index (Phi) is 16.3. The van der Waals surface area contributed by atoms with Crippen LogP contribution in [0.15, 0.2) is 390 Å². The van der Waals surface area contributed by atoms with Crippen LogP contribution in [0.3, 0.4) is 0 Å². The Bertz CT molecular complexity index is 6910. The lowest BCUT2D eigenvalue weighted by molar-refractivity contribution is 1.25. The summed E-state index contributed by atoms with van der Waals surface area (Å²) in [5.41, 5.74) is 34.4. The molecular weight excluding hydrogens is 1410 g/mol. The third kappa shape index (κ3) is 12.0. The Balaban J connectivity index is 0.624. The zero-order chi connectivity index (χ0) is 76.6. The molecule has 0 radical (unpaired) electrons. The van der Waals surface area contributed by atoms with Gasteiger partial charge >= 0.3 is 0 Å². The molecule has 0 amide bonds. The van der Waals surface area contributed by atoms with Crippen molar-refractivity contribution in [3.8, 4) is 145 Å². The minimum absolute atomic E-state index is 0.763. The van der Waals surface area contributed by atoms with E-state index in [2.05, 4.69) is 303 Å².